The number of halogens is 1. The summed E-state index contributed by atoms with van der Waals surface area (Å²) in [5, 5.41) is 17.8. The minimum Gasteiger partial charge on any atom is -0.381 e. The van der Waals surface area contributed by atoms with Crippen LogP contribution in [0.1, 0.15) is 32.7 Å². The first kappa shape index (κ1) is 25.2. The van der Waals surface area contributed by atoms with Crippen molar-refractivity contribution >= 4 is 11.8 Å². The average Bonchev–Trinajstić information content (AvgIpc) is 3.54. The monoisotopic (exact) mass is 514 g/mol. The van der Waals surface area contributed by atoms with Gasteiger partial charge in [-0.2, -0.15) is 5.10 Å². The largest absolute Gasteiger partial charge is 0.381 e. The SMILES string of the molecule is NC(=O)C(O)C(Cc1ccccc1)NC(=O)c1cccnc1-n1ccc(CN2Cc3ccc(F)cc3C2)n1. The summed E-state index contributed by atoms with van der Waals surface area (Å²) in [7, 11) is 0. The van der Waals surface area contributed by atoms with E-state index in [1.54, 1.807) is 30.6 Å². The molecule has 194 valence electrons. The number of hydrogen-bond acceptors (Lipinski definition) is 6. The second-order valence-corrected chi connectivity index (χ2v) is 9.30. The van der Waals surface area contributed by atoms with Gasteiger partial charge in [0.05, 0.1) is 17.3 Å². The Morgan fingerprint density at radius 1 is 1.05 bits per heavy atom. The number of primary amides is 1. The highest BCUT2D eigenvalue weighted by Gasteiger charge is 2.28. The topological polar surface area (TPSA) is 126 Å². The molecular formula is C28H27FN6O3. The van der Waals surface area contributed by atoms with Gasteiger partial charge in [-0.25, -0.2) is 14.1 Å². The molecule has 2 unspecified atom stereocenters. The summed E-state index contributed by atoms with van der Waals surface area (Å²) >= 11 is 0. The van der Waals surface area contributed by atoms with Crippen LogP contribution in [-0.2, 0) is 30.8 Å². The molecule has 2 atom stereocenters. The highest BCUT2D eigenvalue weighted by atomic mass is 19.1. The van der Waals surface area contributed by atoms with E-state index in [9.17, 15) is 19.1 Å². The fourth-order valence-electron chi connectivity index (χ4n) is 4.65. The van der Waals surface area contributed by atoms with Gasteiger partial charge >= 0.3 is 0 Å². The van der Waals surface area contributed by atoms with E-state index in [2.05, 4.69) is 20.3 Å². The van der Waals surface area contributed by atoms with Crippen molar-refractivity contribution in [1.82, 2.24) is 25.0 Å². The lowest BCUT2D eigenvalue weighted by atomic mass is 10.0. The van der Waals surface area contributed by atoms with E-state index >= 15 is 0 Å². The number of rotatable bonds is 9. The van der Waals surface area contributed by atoms with E-state index in [0.717, 1.165) is 22.4 Å². The molecule has 1 aliphatic heterocycles. The molecule has 2 aromatic heterocycles. The lowest BCUT2D eigenvalue weighted by molar-refractivity contribution is -0.127. The number of fused-ring (bicyclic) bond motifs is 1. The first-order valence-corrected chi connectivity index (χ1v) is 12.2. The van der Waals surface area contributed by atoms with E-state index in [-0.39, 0.29) is 17.8 Å². The van der Waals surface area contributed by atoms with Crippen LogP contribution in [0.2, 0.25) is 0 Å². The summed E-state index contributed by atoms with van der Waals surface area (Å²) in [5.74, 6) is -1.40. The summed E-state index contributed by atoms with van der Waals surface area (Å²) in [4.78, 5) is 31.6. The molecular weight excluding hydrogens is 487 g/mol. The Balaban J connectivity index is 1.32. The summed E-state index contributed by atoms with van der Waals surface area (Å²) in [6.45, 7) is 1.87. The second kappa shape index (κ2) is 10.9. The maximum absolute atomic E-state index is 13.6. The van der Waals surface area contributed by atoms with Crippen molar-refractivity contribution in [3.8, 4) is 5.82 Å². The number of nitrogens with zero attached hydrogens (tertiary/aromatic N) is 4. The van der Waals surface area contributed by atoms with Gasteiger partial charge in [0.1, 0.15) is 5.82 Å². The summed E-state index contributed by atoms with van der Waals surface area (Å²) in [5.41, 5.74) is 9.22. The number of nitrogens with two attached hydrogens (primary N) is 1. The molecule has 0 radical (unpaired) electrons. The fourth-order valence-corrected chi connectivity index (χ4v) is 4.65. The zero-order valence-corrected chi connectivity index (χ0v) is 20.5. The summed E-state index contributed by atoms with van der Waals surface area (Å²) in [6, 6.07) is 18.2. The molecule has 10 heteroatoms. The number of aliphatic hydroxyl groups excluding tert-OH is 1. The maximum Gasteiger partial charge on any atom is 0.255 e. The maximum atomic E-state index is 13.6. The Morgan fingerprint density at radius 2 is 1.84 bits per heavy atom. The molecule has 38 heavy (non-hydrogen) atoms. The van der Waals surface area contributed by atoms with E-state index in [1.165, 1.54) is 10.7 Å². The Labute approximate surface area is 218 Å². The molecule has 0 saturated heterocycles. The van der Waals surface area contributed by atoms with Gasteiger partial charge in [-0.1, -0.05) is 36.4 Å². The Kier molecular flexibility index (Phi) is 7.25. The van der Waals surface area contributed by atoms with Gasteiger partial charge in [0.25, 0.3) is 5.91 Å². The van der Waals surface area contributed by atoms with Crippen LogP contribution >= 0.6 is 0 Å². The molecule has 5 rings (SSSR count). The first-order valence-electron chi connectivity index (χ1n) is 12.2. The van der Waals surface area contributed by atoms with Crippen LogP contribution in [0.25, 0.3) is 5.82 Å². The van der Waals surface area contributed by atoms with E-state index in [4.69, 9.17) is 5.73 Å². The normalized spacial score (nSPS) is 14.6. The number of carbonyl (C=O) groups is 2. The first-order chi connectivity index (χ1) is 18.4. The molecule has 9 nitrogen and oxygen atoms in total. The van der Waals surface area contributed by atoms with Crippen LogP contribution in [0.4, 0.5) is 4.39 Å². The number of aromatic nitrogens is 3. The van der Waals surface area contributed by atoms with Crippen LogP contribution in [0.3, 0.4) is 0 Å². The van der Waals surface area contributed by atoms with Crippen molar-refractivity contribution < 1.29 is 19.1 Å². The number of nitrogens with one attached hydrogen (secondary N) is 1. The third kappa shape index (κ3) is 5.61. The summed E-state index contributed by atoms with van der Waals surface area (Å²) in [6.07, 6.45) is 1.91. The van der Waals surface area contributed by atoms with Crippen LogP contribution in [0.15, 0.2) is 79.1 Å². The predicted octanol–water partition coefficient (Wildman–Crippen LogP) is 2.11. The number of amides is 2. The van der Waals surface area contributed by atoms with Gasteiger partial charge in [-0.05, 0) is 53.4 Å². The summed E-state index contributed by atoms with van der Waals surface area (Å²) < 4.78 is 15.1. The Bertz CT molecular complexity index is 1460. The molecule has 2 amide bonds. The molecule has 0 fully saturated rings. The zero-order valence-electron chi connectivity index (χ0n) is 20.5. The molecule has 0 saturated carbocycles. The zero-order chi connectivity index (χ0) is 26.6. The van der Waals surface area contributed by atoms with Crippen molar-refractivity contribution in [1.29, 1.82) is 0 Å². The van der Waals surface area contributed by atoms with Crippen molar-refractivity contribution in [3.05, 3.63) is 113 Å². The van der Waals surface area contributed by atoms with Gasteiger partial charge in [-0.15, -0.1) is 0 Å². The number of pyridine rings is 1. The van der Waals surface area contributed by atoms with Crippen LogP contribution in [-0.4, -0.2) is 48.7 Å². The Morgan fingerprint density at radius 3 is 2.63 bits per heavy atom. The predicted molar refractivity (Wildman–Crippen MR) is 137 cm³/mol. The van der Waals surface area contributed by atoms with Gasteiger partial charge in [-0.3, -0.25) is 14.5 Å². The number of benzene rings is 2. The van der Waals surface area contributed by atoms with Crippen molar-refractivity contribution in [2.75, 3.05) is 0 Å². The smallest absolute Gasteiger partial charge is 0.255 e. The Hall–Kier alpha value is -4.41. The van der Waals surface area contributed by atoms with Crippen LogP contribution in [0.5, 0.6) is 0 Å². The standard InChI is InChI=1S/C28H27FN6O3/c29-21-9-8-19-15-34(16-20(19)14-21)17-22-10-12-35(33-22)27-23(7-4-11-31-27)28(38)32-24(25(36)26(30)37)13-18-5-2-1-3-6-18/h1-12,14,24-25,36H,13,15-17H2,(H2,30,37)(H,32,38). The quantitative estimate of drug-likeness (QED) is 0.314. The molecule has 2 aromatic carbocycles. The minimum absolute atomic E-state index is 0.209. The van der Waals surface area contributed by atoms with E-state index in [1.807, 2.05) is 42.5 Å². The lowest BCUT2D eigenvalue weighted by Gasteiger charge is -2.22. The van der Waals surface area contributed by atoms with E-state index in [0.29, 0.717) is 25.5 Å². The van der Waals surface area contributed by atoms with Crippen molar-refractivity contribution in [2.24, 2.45) is 5.73 Å². The highest BCUT2D eigenvalue weighted by molar-refractivity contribution is 5.97. The molecule has 0 spiro atoms. The van der Waals surface area contributed by atoms with Crippen LogP contribution in [0, 0.1) is 5.82 Å². The molecule has 1 aliphatic rings. The highest BCUT2D eigenvalue weighted by Crippen LogP contribution is 2.25. The molecule has 3 heterocycles. The average molecular weight is 515 g/mol. The third-order valence-electron chi connectivity index (χ3n) is 6.52. The number of hydrogen-bond donors (Lipinski definition) is 3. The second-order valence-electron chi connectivity index (χ2n) is 9.30. The van der Waals surface area contributed by atoms with Gasteiger partial charge in [0.2, 0.25) is 5.91 Å². The molecule has 4 aromatic rings. The fraction of sp³-hybridized carbons (Fsp3) is 0.214. The lowest BCUT2D eigenvalue weighted by Crippen LogP contribution is -2.50. The number of carbonyl (C=O) groups excluding carboxylic acids is 2. The van der Waals surface area contributed by atoms with Gasteiger partial charge in [0, 0.05) is 32.0 Å². The molecule has 0 aliphatic carbocycles. The van der Waals surface area contributed by atoms with Crippen LogP contribution < -0.4 is 11.1 Å². The van der Waals surface area contributed by atoms with Crippen molar-refractivity contribution in [3.63, 3.8) is 0 Å². The minimum atomic E-state index is -1.58. The molecule has 0 bridgehead atoms. The van der Waals surface area contributed by atoms with Crippen molar-refractivity contribution in [2.45, 2.75) is 38.2 Å². The molecule has 4 N–H and O–H groups in total. The van der Waals surface area contributed by atoms with Gasteiger partial charge in [0.15, 0.2) is 11.9 Å². The van der Waals surface area contributed by atoms with E-state index < -0.39 is 24.0 Å². The third-order valence-corrected chi connectivity index (χ3v) is 6.52. The van der Waals surface area contributed by atoms with Gasteiger partial charge < -0.3 is 16.2 Å². The number of aliphatic hydroxyl groups is 1.